The number of piperidine rings is 1. The van der Waals surface area contributed by atoms with Crippen LogP contribution in [0.15, 0.2) is 53.0 Å². The van der Waals surface area contributed by atoms with Gasteiger partial charge in [-0.2, -0.15) is 0 Å². The zero-order valence-corrected chi connectivity index (χ0v) is 23.2. The molecule has 2 saturated heterocycles. The summed E-state index contributed by atoms with van der Waals surface area (Å²) in [5.41, 5.74) is 2.96. The lowest BCUT2D eigenvalue weighted by Gasteiger charge is -2.42. The molecule has 6 heteroatoms. The second-order valence-electron chi connectivity index (χ2n) is 11.7. The molecule has 2 aliphatic heterocycles. The van der Waals surface area contributed by atoms with Crippen LogP contribution in [0.3, 0.4) is 0 Å². The molecule has 1 spiro atoms. The molecule has 2 unspecified atom stereocenters. The molecular formula is C30H37BrN2O3. The number of carbonyl (C=O) groups excluding carboxylic acids is 2. The molecule has 2 aromatic carbocycles. The fourth-order valence-corrected chi connectivity index (χ4v) is 6.99. The Labute approximate surface area is 223 Å². The van der Waals surface area contributed by atoms with Crippen LogP contribution in [0.4, 0.5) is 4.79 Å². The number of ether oxygens (including phenoxy) is 1. The van der Waals surface area contributed by atoms with Crippen LogP contribution < -0.4 is 0 Å². The maximum atomic E-state index is 14.2. The molecule has 0 saturated carbocycles. The summed E-state index contributed by atoms with van der Waals surface area (Å²) >= 11 is 3.63. The summed E-state index contributed by atoms with van der Waals surface area (Å²) in [6, 6.07) is 17.1. The lowest BCUT2D eigenvalue weighted by Crippen LogP contribution is -2.49. The van der Waals surface area contributed by atoms with Crippen LogP contribution >= 0.6 is 15.9 Å². The first-order valence-corrected chi connectivity index (χ1v) is 14.1. The van der Waals surface area contributed by atoms with Crippen LogP contribution in [-0.4, -0.2) is 53.6 Å². The van der Waals surface area contributed by atoms with Gasteiger partial charge in [0.1, 0.15) is 5.60 Å². The van der Waals surface area contributed by atoms with E-state index < -0.39 is 5.60 Å². The molecule has 3 aliphatic rings. The molecule has 2 aromatic rings. The summed E-state index contributed by atoms with van der Waals surface area (Å²) in [6.07, 6.45) is 4.59. The van der Waals surface area contributed by atoms with E-state index in [9.17, 15) is 9.59 Å². The molecule has 36 heavy (non-hydrogen) atoms. The van der Waals surface area contributed by atoms with Gasteiger partial charge in [0.15, 0.2) is 0 Å². The van der Waals surface area contributed by atoms with Crippen molar-refractivity contribution in [3.8, 4) is 0 Å². The van der Waals surface area contributed by atoms with Crippen LogP contribution in [0, 0.1) is 5.92 Å². The van der Waals surface area contributed by atoms with Gasteiger partial charge in [-0.1, -0.05) is 52.3 Å². The minimum Gasteiger partial charge on any atom is -0.444 e. The van der Waals surface area contributed by atoms with E-state index in [2.05, 4.69) is 69.4 Å². The molecule has 2 amide bonds. The van der Waals surface area contributed by atoms with Gasteiger partial charge < -0.3 is 14.5 Å². The second kappa shape index (κ2) is 9.85. The van der Waals surface area contributed by atoms with Crippen molar-refractivity contribution in [2.24, 2.45) is 5.92 Å². The molecular weight excluding hydrogens is 516 g/mol. The highest BCUT2D eigenvalue weighted by molar-refractivity contribution is 9.10. The Hall–Kier alpha value is -2.34. The number of aryl methyl sites for hydroxylation is 1. The fraction of sp³-hybridized carbons (Fsp3) is 0.533. The Bertz CT molecular complexity index is 1120. The van der Waals surface area contributed by atoms with E-state index in [1.807, 2.05) is 20.8 Å². The lowest BCUT2D eigenvalue weighted by molar-refractivity contribution is -0.138. The van der Waals surface area contributed by atoms with Crippen LogP contribution in [0.5, 0.6) is 0 Å². The summed E-state index contributed by atoms with van der Waals surface area (Å²) < 4.78 is 6.82. The van der Waals surface area contributed by atoms with Gasteiger partial charge in [-0.3, -0.25) is 4.79 Å². The molecule has 2 atom stereocenters. The molecule has 5 nitrogen and oxygen atoms in total. The predicted molar refractivity (Wildman–Crippen MR) is 145 cm³/mol. The third kappa shape index (κ3) is 4.93. The number of benzene rings is 2. The Balaban J connectivity index is 1.41. The number of nitrogens with zero attached hydrogens (tertiary/aromatic N) is 2. The van der Waals surface area contributed by atoms with Gasteiger partial charge in [-0.05, 0) is 87.6 Å². The Kier molecular flexibility index (Phi) is 6.92. The monoisotopic (exact) mass is 552 g/mol. The van der Waals surface area contributed by atoms with Crippen LogP contribution in [0.2, 0.25) is 0 Å². The Morgan fingerprint density at radius 1 is 1.03 bits per heavy atom. The maximum Gasteiger partial charge on any atom is 0.410 e. The maximum absolute atomic E-state index is 14.2. The van der Waals surface area contributed by atoms with Gasteiger partial charge in [-0.25, -0.2) is 4.79 Å². The summed E-state index contributed by atoms with van der Waals surface area (Å²) in [6.45, 7) is 8.17. The standard InChI is InChI=1S/C30H37BrN2O3/c1-29(2,3)36-28(35)33-19-26(30(20-33)15-7-10-23-18-24(31)11-12-25(23)30)27(34)32-16-13-22(14-17-32)21-8-5-4-6-9-21/h4-6,8-9,11-12,18,22,26H,7,10,13-17,19-20H2,1-3H3. The van der Waals surface area contributed by atoms with Crippen molar-refractivity contribution in [3.63, 3.8) is 0 Å². The summed E-state index contributed by atoms with van der Waals surface area (Å²) in [5.74, 6) is 0.445. The number of carbonyl (C=O) groups is 2. The van der Waals surface area contributed by atoms with E-state index in [-0.39, 0.29) is 23.3 Å². The molecule has 0 aromatic heterocycles. The zero-order valence-electron chi connectivity index (χ0n) is 21.6. The molecule has 0 N–H and O–H groups in total. The van der Waals surface area contributed by atoms with Gasteiger partial charge in [0.05, 0.1) is 5.92 Å². The first kappa shape index (κ1) is 25.3. The zero-order chi connectivity index (χ0) is 25.5. The van der Waals surface area contributed by atoms with Crippen molar-refractivity contribution >= 4 is 27.9 Å². The van der Waals surface area contributed by atoms with Crippen molar-refractivity contribution in [3.05, 3.63) is 69.7 Å². The van der Waals surface area contributed by atoms with Crippen LogP contribution in [0.1, 0.15) is 69.1 Å². The predicted octanol–water partition coefficient (Wildman–Crippen LogP) is 6.30. The van der Waals surface area contributed by atoms with Crippen molar-refractivity contribution in [2.45, 2.75) is 69.8 Å². The summed E-state index contributed by atoms with van der Waals surface area (Å²) in [4.78, 5) is 31.2. The van der Waals surface area contributed by atoms with E-state index in [0.717, 1.165) is 49.7 Å². The number of fused-ring (bicyclic) bond motifs is 2. The number of amides is 2. The molecule has 0 bridgehead atoms. The molecule has 2 fully saturated rings. The smallest absolute Gasteiger partial charge is 0.410 e. The summed E-state index contributed by atoms with van der Waals surface area (Å²) in [7, 11) is 0. The van der Waals surface area contributed by atoms with Gasteiger partial charge in [0.25, 0.3) is 0 Å². The minimum absolute atomic E-state index is 0.198. The van der Waals surface area contributed by atoms with Gasteiger partial charge in [-0.15, -0.1) is 0 Å². The van der Waals surface area contributed by atoms with Crippen molar-refractivity contribution in [2.75, 3.05) is 26.2 Å². The highest BCUT2D eigenvalue weighted by atomic mass is 79.9. The Morgan fingerprint density at radius 3 is 2.44 bits per heavy atom. The van der Waals surface area contributed by atoms with E-state index in [1.54, 1.807) is 4.90 Å². The van der Waals surface area contributed by atoms with Gasteiger partial charge in [0, 0.05) is 36.1 Å². The van der Waals surface area contributed by atoms with Gasteiger partial charge in [0.2, 0.25) is 5.91 Å². The first-order chi connectivity index (χ1) is 17.2. The number of halogens is 1. The molecule has 2 heterocycles. The average molecular weight is 554 g/mol. The van der Waals surface area contributed by atoms with Crippen LogP contribution in [-0.2, 0) is 21.4 Å². The summed E-state index contributed by atoms with van der Waals surface area (Å²) in [5, 5.41) is 0. The normalized spacial score (nSPS) is 24.6. The SMILES string of the molecule is CC(C)(C)OC(=O)N1CC(C(=O)N2CCC(c3ccccc3)CC2)C2(CCCc3cc(Br)ccc32)C1. The largest absolute Gasteiger partial charge is 0.444 e. The topological polar surface area (TPSA) is 49.9 Å². The Morgan fingerprint density at radius 2 is 1.75 bits per heavy atom. The first-order valence-electron chi connectivity index (χ1n) is 13.3. The molecule has 5 rings (SSSR count). The van der Waals surface area contributed by atoms with Gasteiger partial charge >= 0.3 is 6.09 Å². The molecule has 192 valence electrons. The fourth-order valence-electron chi connectivity index (χ4n) is 6.58. The van der Waals surface area contributed by atoms with E-state index in [0.29, 0.717) is 19.0 Å². The van der Waals surface area contributed by atoms with E-state index >= 15 is 0 Å². The van der Waals surface area contributed by atoms with E-state index in [1.165, 1.54) is 16.7 Å². The van der Waals surface area contributed by atoms with Crippen molar-refractivity contribution in [1.82, 2.24) is 9.80 Å². The number of hydrogen-bond donors (Lipinski definition) is 0. The molecule has 1 aliphatic carbocycles. The number of rotatable bonds is 2. The second-order valence-corrected chi connectivity index (χ2v) is 12.7. The third-order valence-corrected chi connectivity index (χ3v) is 8.74. The van der Waals surface area contributed by atoms with E-state index in [4.69, 9.17) is 4.74 Å². The molecule has 0 radical (unpaired) electrons. The van der Waals surface area contributed by atoms with Crippen molar-refractivity contribution < 1.29 is 14.3 Å². The third-order valence-electron chi connectivity index (χ3n) is 8.24. The van der Waals surface area contributed by atoms with Crippen LogP contribution in [0.25, 0.3) is 0 Å². The lowest BCUT2D eigenvalue weighted by atomic mass is 9.64. The highest BCUT2D eigenvalue weighted by Crippen LogP contribution is 2.49. The highest BCUT2D eigenvalue weighted by Gasteiger charge is 2.55. The number of likely N-dealkylation sites (tertiary alicyclic amines) is 2. The minimum atomic E-state index is -0.568. The quantitative estimate of drug-likeness (QED) is 0.439. The average Bonchev–Trinajstić information content (AvgIpc) is 3.23. The van der Waals surface area contributed by atoms with Crippen molar-refractivity contribution in [1.29, 1.82) is 0 Å². The number of hydrogen-bond acceptors (Lipinski definition) is 3.